The Morgan fingerprint density at radius 3 is 2.03 bits per heavy atom. The predicted octanol–water partition coefficient (Wildman–Crippen LogP) is -2.22. The quantitative estimate of drug-likeness (QED) is 0.0130. The molecule has 2 aliphatic rings. The van der Waals surface area contributed by atoms with Gasteiger partial charge in [0, 0.05) is 63.2 Å². The van der Waals surface area contributed by atoms with Crippen LogP contribution in [-0.2, 0) is 65.6 Å². The van der Waals surface area contributed by atoms with E-state index in [4.69, 9.17) is 17.2 Å². The maximum Gasteiger partial charge on any atom is 0.246 e. The van der Waals surface area contributed by atoms with Gasteiger partial charge in [0.15, 0.2) is 11.7 Å². The number of hydrogen-bond acceptors (Lipinski definition) is 16. The third-order valence-electron chi connectivity index (χ3n) is 15.6. The van der Waals surface area contributed by atoms with E-state index in [1.807, 2.05) is 38.1 Å². The summed E-state index contributed by atoms with van der Waals surface area (Å²) in [4.78, 5) is 157. The van der Waals surface area contributed by atoms with Gasteiger partial charge in [-0.1, -0.05) is 76.3 Å². The maximum absolute atomic E-state index is 14.1. The number of carbonyl (C=O) groups is 11. The van der Waals surface area contributed by atoms with Crippen molar-refractivity contribution in [1.29, 1.82) is 0 Å². The van der Waals surface area contributed by atoms with E-state index in [2.05, 4.69) is 57.8 Å². The van der Waals surface area contributed by atoms with Gasteiger partial charge in [-0.3, -0.25) is 57.7 Å². The Labute approximate surface area is 522 Å². The molecule has 29 heteroatoms. The van der Waals surface area contributed by atoms with E-state index in [1.54, 1.807) is 6.20 Å². The highest BCUT2D eigenvalue weighted by Crippen LogP contribution is 2.28. The number of hydrogen-bond donors (Lipinski definition) is 16. The molecule has 90 heavy (non-hydrogen) atoms. The number of phenolic OH excluding ortho intramolecular Hbond substituents is 1. The lowest BCUT2D eigenvalue weighted by molar-refractivity contribution is -0.144. The van der Waals surface area contributed by atoms with Crippen LogP contribution < -0.4 is 65.1 Å². The van der Waals surface area contributed by atoms with Crippen molar-refractivity contribution in [2.45, 2.75) is 172 Å². The lowest BCUT2D eigenvalue weighted by Crippen LogP contribution is -2.62. The molecule has 1 unspecified atom stereocenters. The molecule has 1 aliphatic heterocycles. The number of aliphatic hydroxyl groups is 2. The average Bonchev–Trinajstić information content (AvgIpc) is 1.75. The number of phenols is 1. The first-order chi connectivity index (χ1) is 42.7. The summed E-state index contributed by atoms with van der Waals surface area (Å²) in [5, 5.41) is 56.2. The second kappa shape index (κ2) is 35.2. The Kier molecular flexibility index (Phi) is 28.0. The number of guanidine groups is 1. The van der Waals surface area contributed by atoms with Crippen LogP contribution in [0, 0.1) is 11.8 Å². The number of benzene rings is 2. The van der Waals surface area contributed by atoms with Crippen LogP contribution in [0.15, 0.2) is 72.0 Å². The summed E-state index contributed by atoms with van der Waals surface area (Å²) < 4.78 is 0. The molecule has 29 nitrogen and oxygen atoms in total. The number of nitrogens with one attached hydrogen (secondary N) is 10. The van der Waals surface area contributed by atoms with E-state index in [9.17, 15) is 68.1 Å². The summed E-state index contributed by atoms with van der Waals surface area (Å²) in [6.07, 6.45) is 4.92. The van der Waals surface area contributed by atoms with E-state index < -0.39 is 138 Å². The Morgan fingerprint density at radius 2 is 1.39 bits per heavy atom. The molecule has 492 valence electrons. The first-order valence-corrected chi connectivity index (χ1v) is 30.3. The molecule has 0 radical (unpaired) electrons. The lowest BCUT2D eigenvalue weighted by Gasteiger charge is -2.31. The normalized spacial score (nSPS) is 18.0. The number of aliphatic imine (C=N–C) groups is 1. The topological polar surface area (TPSA) is 466 Å². The number of para-hydroxylation sites is 1. The van der Waals surface area contributed by atoms with Crippen LogP contribution in [0.1, 0.15) is 109 Å². The average molecular weight is 1260 g/mol. The molecule has 0 bridgehead atoms. The number of fused-ring (bicyclic) bond motifs is 1. The van der Waals surface area contributed by atoms with Crippen LogP contribution in [0.4, 0.5) is 0 Å². The van der Waals surface area contributed by atoms with Gasteiger partial charge in [0.25, 0.3) is 0 Å². The Morgan fingerprint density at radius 1 is 0.733 bits per heavy atom. The van der Waals surface area contributed by atoms with Gasteiger partial charge in [0.2, 0.25) is 59.1 Å². The van der Waals surface area contributed by atoms with Crippen molar-refractivity contribution in [1.82, 2.24) is 57.7 Å². The van der Waals surface area contributed by atoms with Gasteiger partial charge in [-0.25, -0.2) is 0 Å². The minimum atomic E-state index is -1.82. The van der Waals surface area contributed by atoms with Gasteiger partial charge in [-0.05, 0) is 86.3 Å². The van der Waals surface area contributed by atoms with E-state index >= 15 is 0 Å². The van der Waals surface area contributed by atoms with Crippen LogP contribution in [-0.4, -0.2) is 183 Å². The van der Waals surface area contributed by atoms with Crippen molar-refractivity contribution in [3.8, 4) is 5.75 Å². The molecule has 10 atom stereocenters. The molecule has 3 aromatic rings. The standard InChI is InChI=1S/C61H89N15O14/c1-33(2)26-45(56(86)71-43(16-11-23-67-61(64)65-5)55(85)72-44(53(63)83)29-38-31-68-42-15-10-9-14-41(38)42)66-24-21-40(80)32-69-54(84)46(27-36-12-7-6-8-13-36)73-58(88)51(34(3)77)75-57(87)47(30-50(62)82)74-59(89)52-49(81)22-25-76(52)60(90)48(70-35(4)78)28-37-17-19-39(79)20-18-37/h9-10,14-15,17-21,24,31,33-34,36,43-49,51-52,66,68,77,79,81H,6-8,11-13,16,22-23,25-30,32H2,1-5H3,(H2,62,82)(H2,63,83)(H,69,84)(H,70,78)(H,71,86)(H,72,85)(H,73,88)(H,74,89)(H,75,87)(H3,64,65,67)/t34-,43+,44+,45-,46+,47+,48-,49?,51+,52+/m1/s1. The second-order valence-electron chi connectivity index (χ2n) is 23.3. The number of amides is 10. The molecule has 1 saturated carbocycles. The highest BCUT2D eigenvalue weighted by molar-refractivity contribution is 6.00. The van der Waals surface area contributed by atoms with Gasteiger partial charge in [0.1, 0.15) is 54.1 Å². The maximum atomic E-state index is 14.1. The third-order valence-corrected chi connectivity index (χ3v) is 15.6. The summed E-state index contributed by atoms with van der Waals surface area (Å²) in [7, 11) is 1.50. The van der Waals surface area contributed by atoms with E-state index in [0.29, 0.717) is 18.5 Å². The molecule has 10 amide bonds. The van der Waals surface area contributed by atoms with Crippen molar-refractivity contribution >= 4 is 81.7 Å². The van der Waals surface area contributed by atoms with E-state index in [1.165, 1.54) is 51.4 Å². The number of aliphatic hydroxyl groups excluding tert-OH is 2. The van der Waals surface area contributed by atoms with Crippen LogP contribution in [0.3, 0.4) is 0 Å². The highest BCUT2D eigenvalue weighted by atomic mass is 16.3. The molecule has 1 aliphatic carbocycles. The number of primary amides is 2. The minimum Gasteiger partial charge on any atom is -0.508 e. The fourth-order valence-corrected chi connectivity index (χ4v) is 10.9. The van der Waals surface area contributed by atoms with Crippen LogP contribution in [0.5, 0.6) is 5.75 Å². The van der Waals surface area contributed by atoms with Gasteiger partial charge in [-0.15, -0.1) is 0 Å². The molecule has 19 N–H and O–H groups in total. The molecule has 2 aromatic carbocycles. The number of aromatic amines is 1. The Balaban J connectivity index is 1.24. The number of H-pyrrole nitrogens is 1. The van der Waals surface area contributed by atoms with Gasteiger partial charge >= 0.3 is 0 Å². The third kappa shape index (κ3) is 22.5. The van der Waals surface area contributed by atoms with Crippen molar-refractivity contribution < 1.29 is 68.1 Å². The number of aromatic hydroxyl groups is 1. The summed E-state index contributed by atoms with van der Waals surface area (Å²) >= 11 is 0. The molecule has 2 fully saturated rings. The molecule has 0 spiro atoms. The summed E-state index contributed by atoms with van der Waals surface area (Å²) in [6, 6.07) is 2.19. The van der Waals surface area contributed by atoms with E-state index in [-0.39, 0.29) is 68.6 Å². The molecular weight excluding hydrogens is 1170 g/mol. The summed E-state index contributed by atoms with van der Waals surface area (Å²) in [5.41, 5.74) is 19.2. The number of aromatic nitrogens is 1. The first-order valence-electron chi connectivity index (χ1n) is 30.3. The van der Waals surface area contributed by atoms with Crippen molar-refractivity contribution in [3.05, 3.63) is 78.1 Å². The van der Waals surface area contributed by atoms with Crippen molar-refractivity contribution in [3.63, 3.8) is 0 Å². The number of ketones is 1. The van der Waals surface area contributed by atoms with Crippen molar-refractivity contribution in [2.24, 2.45) is 34.0 Å². The zero-order valence-electron chi connectivity index (χ0n) is 51.6. The Hall–Kier alpha value is -9.12. The molecular formula is C61H89N15O14. The van der Waals surface area contributed by atoms with Crippen molar-refractivity contribution in [2.75, 3.05) is 26.7 Å². The zero-order valence-corrected chi connectivity index (χ0v) is 51.6. The smallest absolute Gasteiger partial charge is 0.246 e. The number of nitrogens with zero attached hydrogens (tertiary/aromatic N) is 2. The van der Waals surface area contributed by atoms with Gasteiger partial charge in [0.05, 0.1) is 25.2 Å². The molecule has 1 aromatic heterocycles. The lowest BCUT2D eigenvalue weighted by atomic mass is 9.84. The fraction of sp³-hybridized carbons (Fsp3) is 0.541. The first kappa shape index (κ1) is 71.6. The largest absolute Gasteiger partial charge is 0.508 e. The van der Waals surface area contributed by atoms with Crippen LogP contribution in [0.25, 0.3) is 10.9 Å². The molecule has 2 heterocycles. The van der Waals surface area contributed by atoms with Gasteiger partial charge in [-0.2, -0.15) is 0 Å². The van der Waals surface area contributed by atoms with E-state index in [0.717, 1.165) is 59.5 Å². The fourth-order valence-electron chi connectivity index (χ4n) is 10.9. The number of carbonyl (C=O) groups excluding carboxylic acids is 11. The summed E-state index contributed by atoms with van der Waals surface area (Å²) in [6.45, 7) is 5.66. The molecule has 5 rings (SSSR count). The second-order valence-corrected chi connectivity index (χ2v) is 23.3. The number of nitrogens with two attached hydrogens (primary N) is 3. The molecule has 1 saturated heterocycles. The van der Waals surface area contributed by atoms with Gasteiger partial charge < -0.3 is 90.3 Å². The predicted molar refractivity (Wildman–Crippen MR) is 331 cm³/mol. The van der Waals surface area contributed by atoms with Crippen LogP contribution >= 0.6 is 0 Å². The SMILES string of the molecule is CN=C(N)NCCC[C@H](NC(=O)[C@@H](CC(C)C)NC=CC(=O)CNC(=O)[C@H](CC1CCCCC1)NC(=O)[C@@H](NC(=O)[C@H](CC(N)=O)NC(=O)[C@@H]1C(O)CCN1C(=O)[C@@H](Cc1ccc(O)cc1)NC(C)=O)[C@@H](C)O)C(=O)N[C@@H](Cc1c[nH]c2ccccc12)C(N)=O. The monoisotopic (exact) mass is 1260 g/mol. The number of likely N-dealkylation sites (tertiary alicyclic amines) is 1. The highest BCUT2D eigenvalue weighted by Gasteiger charge is 2.45. The van der Waals surface area contributed by atoms with Crippen LogP contribution in [0.2, 0.25) is 0 Å². The zero-order chi connectivity index (χ0) is 66.2. The summed E-state index contributed by atoms with van der Waals surface area (Å²) in [5.74, 6) is -9.19. The minimum absolute atomic E-state index is 0.0382. The Bertz CT molecular complexity index is 3050. The number of rotatable bonds is 34.